The van der Waals surface area contributed by atoms with Gasteiger partial charge >= 0.3 is 6.18 Å². The fourth-order valence-electron chi connectivity index (χ4n) is 3.83. The van der Waals surface area contributed by atoms with Crippen LogP contribution in [0.3, 0.4) is 0 Å². The van der Waals surface area contributed by atoms with Gasteiger partial charge in [-0.25, -0.2) is 4.98 Å². The second-order valence-corrected chi connectivity index (χ2v) is 8.03. The van der Waals surface area contributed by atoms with Crippen molar-refractivity contribution in [3.8, 4) is 39.6 Å². The van der Waals surface area contributed by atoms with E-state index in [2.05, 4.69) is 15.3 Å². The van der Waals surface area contributed by atoms with E-state index in [4.69, 9.17) is 4.42 Å². The van der Waals surface area contributed by atoms with Gasteiger partial charge in [-0.15, -0.1) is 0 Å². The van der Waals surface area contributed by atoms with E-state index >= 15 is 0 Å². The number of rotatable bonds is 5. The lowest BCUT2D eigenvalue weighted by atomic mass is 9.97. The summed E-state index contributed by atoms with van der Waals surface area (Å²) in [6, 6.07) is 21.5. The molecule has 0 fully saturated rings. The Morgan fingerprint density at radius 2 is 1.59 bits per heavy atom. The molecule has 0 radical (unpaired) electrons. The standard InChI is InChI=1S/C28H18F3N3O3/c29-28(30,31)19-12-13-21(23(35)15-19)20-10-4-5-11-22(20)25(36)34-27-24(18-9-6-14-32-16-18)33-26(37-27)17-7-2-1-3-8-17/h1-16,35H,(H,34,36). The highest BCUT2D eigenvalue weighted by Crippen LogP contribution is 2.38. The molecule has 0 aliphatic carbocycles. The molecule has 37 heavy (non-hydrogen) atoms. The summed E-state index contributed by atoms with van der Waals surface area (Å²) < 4.78 is 45.1. The highest BCUT2D eigenvalue weighted by Gasteiger charge is 2.31. The zero-order chi connectivity index (χ0) is 26.0. The molecule has 184 valence electrons. The summed E-state index contributed by atoms with van der Waals surface area (Å²) in [6.07, 6.45) is -1.43. The van der Waals surface area contributed by atoms with Crippen molar-refractivity contribution in [3.63, 3.8) is 0 Å². The lowest BCUT2D eigenvalue weighted by molar-refractivity contribution is -0.137. The van der Waals surface area contributed by atoms with E-state index < -0.39 is 23.4 Å². The number of aromatic hydroxyl groups is 1. The molecule has 0 atom stereocenters. The van der Waals surface area contributed by atoms with Gasteiger partial charge in [-0.3, -0.25) is 15.1 Å². The normalized spacial score (nSPS) is 11.3. The minimum atomic E-state index is -4.61. The Labute approximate surface area is 209 Å². The molecule has 6 nitrogen and oxygen atoms in total. The van der Waals surface area contributed by atoms with E-state index in [-0.39, 0.29) is 28.5 Å². The topological polar surface area (TPSA) is 88.3 Å². The molecule has 5 rings (SSSR count). The van der Waals surface area contributed by atoms with Gasteiger partial charge in [-0.2, -0.15) is 13.2 Å². The highest BCUT2D eigenvalue weighted by atomic mass is 19.4. The molecule has 1 amide bonds. The molecule has 0 aliphatic heterocycles. The number of carbonyl (C=O) groups excluding carboxylic acids is 1. The van der Waals surface area contributed by atoms with Crippen LogP contribution in [0.5, 0.6) is 5.75 Å². The van der Waals surface area contributed by atoms with Crippen LogP contribution in [0.25, 0.3) is 33.8 Å². The van der Waals surface area contributed by atoms with Crippen LogP contribution in [0.2, 0.25) is 0 Å². The third-order valence-electron chi connectivity index (χ3n) is 5.60. The van der Waals surface area contributed by atoms with Gasteiger partial charge in [0.1, 0.15) is 11.4 Å². The van der Waals surface area contributed by atoms with Gasteiger partial charge in [0.25, 0.3) is 5.91 Å². The third-order valence-corrected chi connectivity index (χ3v) is 5.60. The number of nitrogens with one attached hydrogen (secondary N) is 1. The highest BCUT2D eigenvalue weighted by molar-refractivity contribution is 6.09. The number of carbonyl (C=O) groups is 1. The molecular formula is C28H18F3N3O3. The van der Waals surface area contributed by atoms with E-state index in [1.54, 1.807) is 36.7 Å². The maximum absolute atomic E-state index is 13.4. The van der Waals surface area contributed by atoms with E-state index in [0.717, 1.165) is 12.1 Å². The van der Waals surface area contributed by atoms with Gasteiger partial charge in [0.15, 0.2) is 0 Å². The monoisotopic (exact) mass is 501 g/mol. The number of nitrogens with zero attached hydrogens (tertiary/aromatic N) is 2. The molecule has 9 heteroatoms. The first-order valence-electron chi connectivity index (χ1n) is 11.1. The molecule has 0 bridgehead atoms. The molecule has 0 saturated heterocycles. The Morgan fingerprint density at radius 3 is 2.30 bits per heavy atom. The van der Waals surface area contributed by atoms with Crippen molar-refractivity contribution in [1.29, 1.82) is 0 Å². The van der Waals surface area contributed by atoms with Gasteiger partial charge in [0, 0.05) is 34.6 Å². The number of alkyl halides is 3. The number of oxazole rings is 1. The van der Waals surface area contributed by atoms with Crippen LogP contribution >= 0.6 is 0 Å². The van der Waals surface area contributed by atoms with E-state index in [0.29, 0.717) is 22.9 Å². The van der Waals surface area contributed by atoms with Gasteiger partial charge in [-0.1, -0.05) is 42.5 Å². The number of aromatic nitrogens is 2. The minimum absolute atomic E-state index is 0.0725. The van der Waals surface area contributed by atoms with Crippen LogP contribution in [0.1, 0.15) is 15.9 Å². The zero-order valence-corrected chi connectivity index (χ0v) is 19.0. The SMILES string of the molecule is O=C(Nc1oc(-c2ccccc2)nc1-c1cccnc1)c1ccccc1-c1ccc(C(F)(F)F)cc1O. The molecular weight excluding hydrogens is 483 g/mol. The zero-order valence-electron chi connectivity index (χ0n) is 19.0. The van der Waals surface area contributed by atoms with Crippen LogP contribution in [-0.4, -0.2) is 21.0 Å². The molecule has 5 aromatic rings. The molecule has 2 aromatic heterocycles. The van der Waals surface area contributed by atoms with Gasteiger partial charge in [0.05, 0.1) is 5.56 Å². The van der Waals surface area contributed by atoms with Crippen molar-refractivity contribution in [2.75, 3.05) is 5.32 Å². The van der Waals surface area contributed by atoms with Crippen molar-refractivity contribution in [3.05, 3.63) is 108 Å². The number of pyridine rings is 1. The van der Waals surface area contributed by atoms with Crippen LogP contribution in [0, 0.1) is 0 Å². The fourth-order valence-corrected chi connectivity index (χ4v) is 3.83. The Morgan fingerprint density at radius 1 is 0.865 bits per heavy atom. The van der Waals surface area contributed by atoms with Crippen molar-refractivity contribution in [2.24, 2.45) is 0 Å². The molecule has 0 unspecified atom stereocenters. The Hall–Kier alpha value is -4.92. The molecule has 2 heterocycles. The number of hydrogen-bond acceptors (Lipinski definition) is 5. The summed E-state index contributed by atoms with van der Waals surface area (Å²) in [7, 11) is 0. The number of halogens is 3. The molecule has 0 spiro atoms. The molecule has 0 aliphatic rings. The van der Waals surface area contributed by atoms with Crippen LogP contribution in [-0.2, 0) is 6.18 Å². The second-order valence-electron chi connectivity index (χ2n) is 8.03. The number of phenolic OH excluding ortho intramolecular Hbond substituents is 1. The lowest BCUT2D eigenvalue weighted by Crippen LogP contribution is -2.13. The second kappa shape index (κ2) is 9.62. The number of amides is 1. The number of anilines is 1. The Bertz CT molecular complexity index is 1570. The van der Waals surface area contributed by atoms with Crippen LogP contribution in [0.15, 0.2) is 102 Å². The van der Waals surface area contributed by atoms with Gasteiger partial charge in [0.2, 0.25) is 11.8 Å². The van der Waals surface area contributed by atoms with E-state index in [1.807, 2.05) is 30.3 Å². The minimum Gasteiger partial charge on any atom is -0.507 e. The van der Waals surface area contributed by atoms with Crippen molar-refractivity contribution < 1.29 is 27.5 Å². The van der Waals surface area contributed by atoms with Crippen LogP contribution < -0.4 is 5.32 Å². The quantitative estimate of drug-likeness (QED) is 0.270. The van der Waals surface area contributed by atoms with Gasteiger partial charge in [-0.05, 0) is 48.0 Å². The average Bonchev–Trinajstić information content (AvgIpc) is 3.33. The molecule has 2 N–H and O–H groups in total. The lowest BCUT2D eigenvalue weighted by Gasteiger charge is -2.13. The Balaban J connectivity index is 1.53. The summed E-state index contributed by atoms with van der Waals surface area (Å²) in [5.74, 6) is -0.848. The predicted octanol–water partition coefficient (Wildman–Crippen LogP) is 7.05. The van der Waals surface area contributed by atoms with Crippen molar-refractivity contribution >= 4 is 11.8 Å². The fraction of sp³-hybridized carbons (Fsp3) is 0.0357. The summed E-state index contributed by atoms with van der Waals surface area (Å²) >= 11 is 0. The molecule has 3 aromatic carbocycles. The summed E-state index contributed by atoms with van der Waals surface area (Å²) in [4.78, 5) is 22.1. The predicted molar refractivity (Wildman–Crippen MR) is 132 cm³/mol. The summed E-state index contributed by atoms with van der Waals surface area (Å²) in [6.45, 7) is 0. The maximum atomic E-state index is 13.4. The van der Waals surface area contributed by atoms with Crippen molar-refractivity contribution in [1.82, 2.24) is 9.97 Å². The Kier molecular flexibility index (Phi) is 6.19. The third kappa shape index (κ3) is 4.92. The maximum Gasteiger partial charge on any atom is 0.416 e. The van der Waals surface area contributed by atoms with Gasteiger partial charge < -0.3 is 9.52 Å². The first-order chi connectivity index (χ1) is 17.8. The first kappa shape index (κ1) is 23.8. The largest absolute Gasteiger partial charge is 0.507 e. The number of benzene rings is 3. The summed E-state index contributed by atoms with van der Waals surface area (Å²) in [5.41, 5.74) is 1.11. The molecule has 0 saturated carbocycles. The van der Waals surface area contributed by atoms with E-state index in [1.165, 1.54) is 12.1 Å². The summed E-state index contributed by atoms with van der Waals surface area (Å²) in [5, 5.41) is 13.1. The van der Waals surface area contributed by atoms with Crippen LogP contribution in [0.4, 0.5) is 19.1 Å². The van der Waals surface area contributed by atoms with Crippen molar-refractivity contribution in [2.45, 2.75) is 6.18 Å². The van der Waals surface area contributed by atoms with E-state index in [9.17, 15) is 23.1 Å². The average molecular weight is 501 g/mol. The first-order valence-corrected chi connectivity index (χ1v) is 11.1. The number of phenols is 1. The number of hydrogen-bond donors (Lipinski definition) is 2. The smallest absolute Gasteiger partial charge is 0.416 e.